The predicted molar refractivity (Wildman–Crippen MR) is 99.5 cm³/mol. The van der Waals surface area contributed by atoms with Gasteiger partial charge >= 0.3 is 0 Å². The molecule has 1 aliphatic rings. The van der Waals surface area contributed by atoms with E-state index in [1.54, 1.807) is 6.92 Å². The molecule has 7 nitrogen and oxygen atoms in total. The molecule has 4 rings (SSSR count). The number of nitrogens with zero attached hydrogens (tertiary/aromatic N) is 2. The number of hydrogen-bond donors (Lipinski definition) is 1. The normalized spacial score (nSPS) is 13.4. The van der Waals surface area contributed by atoms with Crippen molar-refractivity contribution in [1.82, 2.24) is 15.5 Å². The number of rotatable bonds is 6. The van der Waals surface area contributed by atoms with Crippen LogP contribution in [0.25, 0.3) is 11.5 Å². The van der Waals surface area contributed by atoms with E-state index >= 15 is 0 Å². The van der Waals surface area contributed by atoms with Gasteiger partial charge in [-0.3, -0.25) is 4.79 Å². The first-order chi connectivity index (χ1) is 13.2. The Morgan fingerprint density at radius 1 is 1.15 bits per heavy atom. The zero-order valence-electron chi connectivity index (χ0n) is 14.5. The quantitative estimate of drug-likeness (QED) is 0.654. The van der Waals surface area contributed by atoms with Crippen LogP contribution in [0.4, 0.5) is 0 Å². The Hall–Kier alpha value is -3.00. The van der Waals surface area contributed by atoms with E-state index in [0.717, 1.165) is 16.9 Å². The Balaban J connectivity index is 1.32. The number of amides is 1. The van der Waals surface area contributed by atoms with Crippen molar-refractivity contribution in [2.24, 2.45) is 0 Å². The second-order valence-electron chi connectivity index (χ2n) is 5.90. The van der Waals surface area contributed by atoms with E-state index in [2.05, 4.69) is 15.5 Å². The molecule has 1 atom stereocenters. The molecular formula is C19H17N3O4S. The van der Waals surface area contributed by atoms with E-state index in [-0.39, 0.29) is 18.0 Å². The second kappa shape index (κ2) is 7.71. The van der Waals surface area contributed by atoms with Crippen molar-refractivity contribution < 1.29 is 18.7 Å². The number of thioether (sulfide) groups is 1. The lowest BCUT2D eigenvalue weighted by Crippen LogP contribution is -2.30. The Morgan fingerprint density at radius 2 is 1.96 bits per heavy atom. The fourth-order valence-electron chi connectivity index (χ4n) is 2.54. The van der Waals surface area contributed by atoms with E-state index in [1.807, 2.05) is 48.5 Å². The summed E-state index contributed by atoms with van der Waals surface area (Å²) in [5.41, 5.74) is 1.78. The molecule has 2 aromatic carbocycles. The number of benzene rings is 2. The van der Waals surface area contributed by atoms with Crippen molar-refractivity contribution in [1.29, 1.82) is 0 Å². The number of carbonyl (C=O) groups is 1. The number of fused-ring (bicyclic) bond motifs is 1. The van der Waals surface area contributed by atoms with Crippen molar-refractivity contribution in [3.05, 3.63) is 54.1 Å². The van der Waals surface area contributed by atoms with Crippen LogP contribution in [0, 0.1) is 0 Å². The summed E-state index contributed by atoms with van der Waals surface area (Å²) in [5.74, 6) is 1.74. The van der Waals surface area contributed by atoms with Gasteiger partial charge in [0.05, 0.1) is 5.25 Å². The van der Waals surface area contributed by atoms with Crippen molar-refractivity contribution in [2.45, 2.75) is 23.9 Å². The average molecular weight is 383 g/mol. The van der Waals surface area contributed by atoms with Crippen LogP contribution in [0.15, 0.2) is 58.2 Å². The highest BCUT2D eigenvalue weighted by Crippen LogP contribution is 2.32. The molecule has 0 radical (unpaired) electrons. The molecule has 8 heteroatoms. The second-order valence-corrected chi connectivity index (χ2v) is 7.20. The molecule has 138 valence electrons. The molecule has 0 fully saturated rings. The average Bonchev–Trinajstić information content (AvgIpc) is 3.35. The summed E-state index contributed by atoms with van der Waals surface area (Å²) in [4.78, 5) is 12.4. The summed E-state index contributed by atoms with van der Waals surface area (Å²) >= 11 is 1.23. The van der Waals surface area contributed by atoms with Gasteiger partial charge in [-0.05, 0) is 36.8 Å². The molecule has 0 aliphatic carbocycles. The monoisotopic (exact) mass is 383 g/mol. The number of ether oxygens (including phenoxy) is 2. The molecule has 0 bridgehead atoms. The third-order valence-electron chi connectivity index (χ3n) is 3.98. The van der Waals surface area contributed by atoms with E-state index in [0.29, 0.717) is 23.4 Å². The summed E-state index contributed by atoms with van der Waals surface area (Å²) in [7, 11) is 0. The molecule has 3 aromatic rings. The zero-order valence-corrected chi connectivity index (χ0v) is 15.4. The highest BCUT2D eigenvalue weighted by molar-refractivity contribution is 8.00. The lowest BCUT2D eigenvalue weighted by Gasteiger charge is -2.10. The Kier molecular flexibility index (Phi) is 4.97. The van der Waals surface area contributed by atoms with Crippen LogP contribution in [0.2, 0.25) is 0 Å². The maximum absolute atomic E-state index is 12.4. The summed E-state index contributed by atoms with van der Waals surface area (Å²) < 4.78 is 16.3. The smallest absolute Gasteiger partial charge is 0.277 e. The number of carbonyl (C=O) groups excluding carboxylic acids is 1. The van der Waals surface area contributed by atoms with Crippen LogP contribution in [0.3, 0.4) is 0 Å². The first kappa shape index (κ1) is 17.4. The summed E-state index contributed by atoms with van der Waals surface area (Å²) in [6, 6.07) is 15.1. The minimum atomic E-state index is -0.372. The molecule has 2 heterocycles. The lowest BCUT2D eigenvalue weighted by atomic mass is 10.2. The molecular weight excluding hydrogens is 366 g/mol. The highest BCUT2D eigenvalue weighted by Gasteiger charge is 2.19. The SMILES string of the molecule is CC(Sc1nnc(-c2ccccc2)o1)C(=O)NCc1ccc2c(c1)OCO2. The van der Waals surface area contributed by atoms with Crippen molar-refractivity contribution in [3.63, 3.8) is 0 Å². The van der Waals surface area contributed by atoms with E-state index in [4.69, 9.17) is 13.9 Å². The first-order valence-electron chi connectivity index (χ1n) is 8.41. The van der Waals surface area contributed by atoms with Gasteiger partial charge in [0.15, 0.2) is 11.5 Å². The van der Waals surface area contributed by atoms with E-state index in [1.165, 1.54) is 11.8 Å². The molecule has 1 amide bonds. The number of hydrogen-bond acceptors (Lipinski definition) is 7. The third kappa shape index (κ3) is 4.06. The number of aromatic nitrogens is 2. The van der Waals surface area contributed by atoms with Crippen LogP contribution in [0.5, 0.6) is 11.5 Å². The topological polar surface area (TPSA) is 86.5 Å². The summed E-state index contributed by atoms with van der Waals surface area (Å²) in [6.07, 6.45) is 0. The maximum atomic E-state index is 12.4. The van der Waals surface area contributed by atoms with Gasteiger partial charge in [0.1, 0.15) is 0 Å². The molecule has 0 spiro atoms. The molecule has 1 unspecified atom stereocenters. The van der Waals surface area contributed by atoms with Crippen LogP contribution >= 0.6 is 11.8 Å². The third-order valence-corrected chi connectivity index (χ3v) is 4.91. The largest absolute Gasteiger partial charge is 0.454 e. The minimum Gasteiger partial charge on any atom is -0.454 e. The maximum Gasteiger partial charge on any atom is 0.277 e. The van der Waals surface area contributed by atoms with Crippen LogP contribution in [-0.4, -0.2) is 28.1 Å². The fraction of sp³-hybridized carbons (Fsp3) is 0.211. The van der Waals surface area contributed by atoms with Gasteiger partial charge in [-0.15, -0.1) is 10.2 Å². The number of nitrogens with one attached hydrogen (secondary N) is 1. The van der Waals surface area contributed by atoms with E-state index in [9.17, 15) is 4.79 Å². The molecule has 0 saturated heterocycles. The minimum absolute atomic E-state index is 0.114. The predicted octanol–water partition coefficient (Wildman–Crippen LogP) is 3.26. The van der Waals surface area contributed by atoms with Crippen LogP contribution < -0.4 is 14.8 Å². The Morgan fingerprint density at radius 3 is 2.81 bits per heavy atom. The molecule has 27 heavy (non-hydrogen) atoms. The van der Waals surface area contributed by atoms with Crippen molar-refractivity contribution in [3.8, 4) is 23.0 Å². The van der Waals surface area contributed by atoms with Crippen LogP contribution in [0.1, 0.15) is 12.5 Å². The van der Waals surface area contributed by atoms with Gasteiger partial charge in [-0.1, -0.05) is 36.0 Å². The van der Waals surface area contributed by atoms with Crippen molar-refractivity contribution >= 4 is 17.7 Å². The van der Waals surface area contributed by atoms with Gasteiger partial charge in [-0.2, -0.15) is 0 Å². The lowest BCUT2D eigenvalue weighted by molar-refractivity contribution is -0.120. The zero-order chi connectivity index (χ0) is 18.6. The van der Waals surface area contributed by atoms with E-state index < -0.39 is 0 Å². The Bertz CT molecular complexity index is 945. The van der Waals surface area contributed by atoms with Gasteiger partial charge in [0.25, 0.3) is 5.22 Å². The van der Waals surface area contributed by atoms with Crippen molar-refractivity contribution in [2.75, 3.05) is 6.79 Å². The van der Waals surface area contributed by atoms with Gasteiger partial charge in [0.2, 0.25) is 18.6 Å². The Labute approximate surface area is 160 Å². The van der Waals surface area contributed by atoms with Gasteiger partial charge in [-0.25, -0.2) is 0 Å². The highest BCUT2D eigenvalue weighted by atomic mass is 32.2. The standard InChI is InChI=1S/C19H17N3O4S/c1-12(27-19-22-21-18(26-19)14-5-3-2-4-6-14)17(23)20-10-13-7-8-15-16(9-13)25-11-24-15/h2-9,12H,10-11H2,1H3,(H,20,23). The van der Waals surface area contributed by atoms with Gasteiger partial charge < -0.3 is 19.2 Å². The molecule has 1 aliphatic heterocycles. The molecule has 0 saturated carbocycles. The van der Waals surface area contributed by atoms with Crippen LogP contribution in [-0.2, 0) is 11.3 Å². The van der Waals surface area contributed by atoms with Gasteiger partial charge in [0, 0.05) is 12.1 Å². The summed E-state index contributed by atoms with van der Waals surface area (Å²) in [6.45, 7) is 2.43. The first-order valence-corrected chi connectivity index (χ1v) is 9.29. The molecule has 1 aromatic heterocycles. The fourth-order valence-corrected chi connectivity index (χ4v) is 3.25. The summed E-state index contributed by atoms with van der Waals surface area (Å²) in [5, 5.41) is 10.9. The molecule has 1 N–H and O–H groups in total.